The van der Waals surface area contributed by atoms with Gasteiger partial charge in [-0.25, -0.2) is 0 Å². The van der Waals surface area contributed by atoms with Gasteiger partial charge in [0.15, 0.2) is 5.84 Å². The monoisotopic (exact) mass is 313 g/mol. The van der Waals surface area contributed by atoms with E-state index in [0.717, 1.165) is 5.56 Å². The zero-order valence-corrected chi connectivity index (χ0v) is 13.5. The highest BCUT2D eigenvalue weighted by molar-refractivity contribution is 6.31. The van der Waals surface area contributed by atoms with Gasteiger partial charge in [-0.05, 0) is 24.5 Å². The molecule has 1 aromatic carbocycles. The van der Waals surface area contributed by atoms with Crippen LogP contribution in [0.15, 0.2) is 23.4 Å². The van der Waals surface area contributed by atoms with Crippen LogP contribution in [0.2, 0.25) is 5.02 Å². The average Bonchev–Trinajstić information content (AvgIpc) is 2.47. The Morgan fingerprint density at radius 1 is 1.48 bits per heavy atom. The van der Waals surface area contributed by atoms with E-state index in [1.165, 1.54) is 0 Å². The number of hydrogen-bond donors (Lipinski definition) is 3. The highest BCUT2D eigenvalue weighted by Crippen LogP contribution is 2.18. The molecule has 0 aliphatic carbocycles. The van der Waals surface area contributed by atoms with Gasteiger partial charge in [-0.2, -0.15) is 0 Å². The minimum atomic E-state index is 0.0489. The lowest BCUT2D eigenvalue weighted by Gasteiger charge is -2.22. The summed E-state index contributed by atoms with van der Waals surface area (Å²) in [5, 5.41) is 15.7. The van der Waals surface area contributed by atoms with E-state index in [1.807, 2.05) is 13.0 Å². The third kappa shape index (κ3) is 5.53. The van der Waals surface area contributed by atoms with Gasteiger partial charge in [0.05, 0.1) is 6.61 Å². The molecule has 118 valence electrons. The molecule has 1 unspecified atom stereocenters. The number of ether oxygens (including phenoxy) is 1. The van der Waals surface area contributed by atoms with E-state index in [1.54, 1.807) is 12.1 Å². The molecule has 0 bridgehead atoms. The number of oxime groups is 1. The average molecular weight is 314 g/mol. The first-order valence-corrected chi connectivity index (χ1v) is 7.44. The van der Waals surface area contributed by atoms with Crippen molar-refractivity contribution in [1.29, 1.82) is 0 Å². The van der Waals surface area contributed by atoms with Crippen molar-refractivity contribution in [3.05, 3.63) is 34.3 Å². The summed E-state index contributed by atoms with van der Waals surface area (Å²) in [6.45, 7) is 8.32. The van der Waals surface area contributed by atoms with Crippen LogP contribution in [0.1, 0.15) is 31.9 Å². The van der Waals surface area contributed by atoms with E-state index in [2.05, 4.69) is 24.3 Å². The van der Waals surface area contributed by atoms with E-state index >= 15 is 0 Å². The van der Waals surface area contributed by atoms with Gasteiger partial charge in [-0.15, -0.1) is 0 Å². The molecule has 6 heteroatoms. The lowest BCUT2D eigenvalue weighted by Crippen LogP contribution is -2.37. The van der Waals surface area contributed by atoms with Crippen molar-refractivity contribution in [2.75, 3.05) is 13.2 Å². The van der Waals surface area contributed by atoms with Crippen LogP contribution >= 0.6 is 11.6 Å². The SMILES string of the molecule is CCOCC(NCc1ccc(/C(N)=N/O)cc1Cl)C(C)C. The molecule has 0 spiro atoms. The van der Waals surface area contributed by atoms with E-state index in [9.17, 15) is 0 Å². The van der Waals surface area contributed by atoms with Crippen molar-refractivity contribution in [2.45, 2.75) is 33.4 Å². The standard InChI is InChI=1S/C15H24ClN3O2/c1-4-21-9-14(10(2)3)18-8-12-6-5-11(7-13(12)16)15(17)19-20/h5-7,10,14,18,20H,4,8-9H2,1-3H3,(H2,17,19). The lowest BCUT2D eigenvalue weighted by molar-refractivity contribution is 0.108. The maximum absolute atomic E-state index is 8.66. The van der Waals surface area contributed by atoms with Crippen LogP contribution in [0.25, 0.3) is 0 Å². The van der Waals surface area contributed by atoms with Gasteiger partial charge < -0.3 is 21.0 Å². The molecule has 0 saturated heterocycles. The predicted molar refractivity (Wildman–Crippen MR) is 85.9 cm³/mol. The number of benzene rings is 1. The first kappa shape index (κ1) is 17.8. The molecule has 1 rings (SSSR count). The van der Waals surface area contributed by atoms with Gasteiger partial charge in [0, 0.05) is 29.8 Å². The predicted octanol–water partition coefficient (Wildman–Crippen LogP) is 2.59. The fourth-order valence-corrected chi connectivity index (χ4v) is 2.13. The number of hydrogen-bond acceptors (Lipinski definition) is 4. The Morgan fingerprint density at radius 2 is 2.19 bits per heavy atom. The van der Waals surface area contributed by atoms with Crippen molar-refractivity contribution < 1.29 is 9.94 Å². The molecular weight excluding hydrogens is 290 g/mol. The van der Waals surface area contributed by atoms with Crippen molar-refractivity contribution >= 4 is 17.4 Å². The van der Waals surface area contributed by atoms with Crippen molar-refractivity contribution in [3.8, 4) is 0 Å². The highest BCUT2D eigenvalue weighted by atomic mass is 35.5. The molecule has 5 nitrogen and oxygen atoms in total. The van der Waals surface area contributed by atoms with E-state index < -0.39 is 0 Å². The third-order valence-electron chi connectivity index (χ3n) is 3.32. The molecule has 21 heavy (non-hydrogen) atoms. The van der Waals surface area contributed by atoms with Crippen LogP contribution < -0.4 is 11.1 Å². The Kier molecular flexibility index (Phi) is 7.50. The second kappa shape index (κ2) is 8.87. The van der Waals surface area contributed by atoms with Crippen LogP contribution in [0.5, 0.6) is 0 Å². The molecular formula is C15H24ClN3O2. The fourth-order valence-electron chi connectivity index (χ4n) is 1.88. The van der Waals surface area contributed by atoms with Crippen molar-refractivity contribution in [3.63, 3.8) is 0 Å². The zero-order chi connectivity index (χ0) is 15.8. The Labute approximate surface area is 131 Å². The summed E-state index contributed by atoms with van der Waals surface area (Å²) in [6, 6.07) is 5.62. The first-order chi connectivity index (χ1) is 9.99. The second-order valence-electron chi connectivity index (χ2n) is 5.18. The van der Waals surface area contributed by atoms with Gasteiger partial charge in [0.2, 0.25) is 0 Å². The maximum Gasteiger partial charge on any atom is 0.170 e. The summed E-state index contributed by atoms with van der Waals surface area (Å²) in [4.78, 5) is 0. The third-order valence-corrected chi connectivity index (χ3v) is 3.67. The molecule has 4 N–H and O–H groups in total. The summed E-state index contributed by atoms with van der Waals surface area (Å²) in [5.41, 5.74) is 7.10. The van der Waals surface area contributed by atoms with E-state index in [-0.39, 0.29) is 11.9 Å². The van der Waals surface area contributed by atoms with Crippen LogP contribution in [0, 0.1) is 5.92 Å². The summed E-state index contributed by atoms with van der Waals surface area (Å²) >= 11 is 6.23. The molecule has 0 saturated carbocycles. The topological polar surface area (TPSA) is 79.9 Å². The number of nitrogens with one attached hydrogen (secondary N) is 1. The summed E-state index contributed by atoms with van der Waals surface area (Å²) < 4.78 is 5.49. The smallest absolute Gasteiger partial charge is 0.170 e. The summed E-state index contributed by atoms with van der Waals surface area (Å²) in [6.07, 6.45) is 0. The van der Waals surface area contributed by atoms with Gasteiger partial charge in [0.1, 0.15) is 0 Å². The van der Waals surface area contributed by atoms with Crippen LogP contribution in [0.3, 0.4) is 0 Å². The molecule has 0 aliphatic heterocycles. The van der Waals surface area contributed by atoms with Gasteiger partial charge in [-0.1, -0.05) is 42.7 Å². The van der Waals surface area contributed by atoms with Crippen LogP contribution in [0.4, 0.5) is 0 Å². The molecule has 0 heterocycles. The second-order valence-corrected chi connectivity index (χ2v) is 5.59. The van der Waals surface area contributed by atoms with Crippen LogP contribution in [-0.2, 0) is 11.3 Å². The maximum atomic E-state index is 8.66. The number of amidine groups is 1. The van der Waals surface area contributed by atoms with E-state index in [0.29, 0.717) is 36.3 Å². The lowest BCUT2D eigenvalue weighted by atomic mass is 10.0. The van der Waals surface area contributed by atoms with Crippen LogP contribution in [-0.4, -0.2) is 30.3 Å². The number of halogens is 1. The Hall–Kier alpha value is -1.30. The Bertz CT molecular complexity index is 478. The minimum Gasteiger partial charge on any atom is -0.409 e. The number of nitrogens with two attached hydrogens (primary N) is 1. The van der Waals surface area contributed by atoms with Gasteiger partial charge >= 0.3 is 0 Å². The van der Waals surface area contributed by atoms with E-state index in [4.69, 9.17) is 27.3 Å². The van der Waals surface area contributed by atoms with Gasteiger partial charge in [0.25, 0.3) is 0 Å². The molecule has 0 fully saturated rings. The highest BCUT2D eigenvalue weighted by Gasteiger charge is 2.13. The fraction of sp³-hybridized carbons (Fsp3) is 0.533. The molecule has 1 atom stereocenters. The van der Waals surface area contributed by atoms with Gasteiger partial charge in [-0.3, -0.25) is 0 Å². The Balaban J connectivity index is 2.70. The molecule has 0 amide bonds. The number of rotatable bonds is 8. The molecule has 0 aromatic heterocycles. The molecule has 1 aromatic rings. The first-order valence-electron chi connectivity index (χ1n) is 7.07. The molecule has 0 aliphatic rings. The number of nitrogens with zero attached hydrogens (tertiary/aromatic N) is 1. The summed E-state index contributed by atoms with van der Waals surface area (Å²) in [7, 11) is 0. The van der Waals surface area contributed by atoms with Crippen molar-refractivity contribution in [1.82, 2.24) is 5.32 Å². The van der Waals surface area contributed by atoms with Crippen molar-refractivity contribution in [2.24, 2.45) is 16.8 Å². The normalized spacial score (nSPS) is 13.7. The summed E-state index contributed by atoms with van der Waals surface area (Å²) in [5.74, 6) is 0.513. The quantitative estimate of drug-likeness (QED) is 0.298. The Morgan fingerprint density at radius 3 is 2.71 bits per heavy atom. The minimum absolute atomic E-state index is 0.0489. The molecule has 0 radical (unpaired) electrons. The largest absolute Gasteiger partial charge is 0.409 e. The zero-order valence-electron chi connectivity index (χ0n) is 12.8.